The summed E-state index contributed by atoms with van der Waals surface area (Å²) in [6, 6.07) is 0. The molecule has 0 saturated heterocycles. The molecule has 2 aliphatic carbocycles. The molecule has 0 bridgehead atoms. The van der Waals surface area contributed by atoms with E-state index in [1.165, 1.54) is 0 Å². The molecule has 2 atom stereocenters. The van der Waals surface area contributed by atoms with Gasteiger partial charge < -0.3 is 0 Å². The molecule has 2 saturated carbocycles. The SMILES string of the molecule is CC12CC[C@]1(C(F)(F)F)C2. The summed E-state index contributed by atoms with van der Waals surface area (Å²) in [7, 11) is 0. The van der Waals surface area contributed by atoms with E-state index in [0.29, 0.717) is 12.8 Å². The van der Waals surface area contributed by atoms with Crippen molar-refractivity contribution in [3.8, 4) is 0 Å². The van der Waals surface area contributed by atoms with E-state index in [4.69, 9.17) is 0 Å². The lowest BCUT2D eigenvalue weighted by molar-refractivity contribution is -0.218. The summed E-state index contributed by atoms with van der Waals surface area (Å²) < 4.78 is 36.5. The Bertz CT molecular complexity index is 184. The Morgan fingerprint density at radius 1 is 1.20 bits per heavy atom. The Balaban J connectivity index is 2.23. The van der Waals surface area contributed by atoms with E-state index in [2.05, 4.69) is 0 Å². The molecule has 0 aromatic rings. The van der Waals surface area contributed by atoms with Gasteiger partial charge in [0.1, 0.15) is 0 Å². The second-order valence-corrected chi connectivity index (χ2v) is 3.82. The topological polar surface area (TPSA) is 0 Å². The highest BCUT2D eigenvalue weighted by Gasteiger charge is 2.82. The minimum Gasteiger partial charge on any atom is -0.170 e. The number of rotatable bonds is 0. The molecular formula is C7H9F3. The number of alkyl halides is 3. The van der Waals surface area contributed by atoms with E-state index in [-0.39, 0.29) is 5.41 Å². The first kappa shape index (κ1) is 6.50. The molecule has 0 amide bonds. The third kappa shape index (κ3) is 0.433. The highest BCUT2D eigenvalue weighted by atomic mass is 19.4. The van der Waals surface area contributed by atoms with Crippen LogP contribution in [0.2, 0.25) is 0 Å². The van der Waals surface area contributed by atoms with Crippen LogP contribution in [0.25, 0.3) is 0 Å². The summed E-state index contributed by atoms with van der Waals surface area (Å²) in [4.78, 5) is 0. The zero-order valence-corrected chi connectivity index (χ0v) is 5.76. The van der Waals surface area contributed by atoms with E-state index in [9.17, 15) is 13.2 Å². The highest BCUT2D eigenvalue weighted by Crippen LogP contribution is 2.82. The van der Waals surface area contributed by atoms with Crippen LogP contribution in [-0.4, -0.2) is 6.18 Å². The second kappa shape index (κ2) is 1.23. The van der Waals surface area contributed by atoms with Gasteiger partial charge in [-0.05, 0) is 24.7 Å². The third-order valence-electron chi connectivity index (χ3n) is 3.37. The first-order valence-corrected chi connectivity index (χ1v) is 3.48. The average molecular weight is 150 g/mol. The van der Waals surface area contributed by atoms with Crippen molar-refractivity contribution in [2.24, 2.45) is 10.8 Å². The van der Waals surface area contributed by atoms with Crippen LogP contribution in [-0.2, 0) is 0 Å². The zero-order valence-electron chi connectivity index (χ0n) is 5.76. The lowest BCUT2D eigenvalue weighted by Gasteiger charge is -2.34. The number of fused-ring (bicyclic) bond motifs is 1. The van der Waals surface area contributed by atoms with Gasteiger partial charge in [-0.2, -0.15) is 13.2 Å². The van der Waals surface area contributed by atoms with E-state index in [1.807, 2.05) is 0 Å². The molecule has 2 aliphatic rings. The van der Waals surface area contributed by atoms with E-state index in [0.717, 1.165) is 6.42 Å². The molecule has 0 nitrogen and oxygen atoms in total. The van der Waals surface area contributed by atoms with Gasteiger partial charge >= 0.3 is 6.18 Å². The lowest BCUT2D eigenvalue weighted by atomic mass is 9.74. The van der Waals surface area contributed by atoms with Gasteiger partial charge in [-0.15, -0.1) is 0 Å². The van der Waals surface area contributed by atoms with Crippen LogP contribution in [0.4, 0.5) is 13.2 Å². The fraction of sp³-hybridized carbons (Fsp3) is 1.00. The molecule has 0 spiro atoms. The predicted molar refractivity (Wildman–Crippen MR) is 30.4 cm³/mol. The molecule has 0 aromatic carbocycles. The van der Waals surface area contributed by atoms with Crippen molar-refractivity contribution >= 4 is 0 Å². The van der Waals surface area contributed by atoms with Crippen molar-refractivity contribution in [3.05, 3.63) is 0 Å². The monoisotopic (exact) mass is 150 g/mol. The fourth-order valence-electron chi connectivity index (χ4n) is 2.24. The summed E-state index contributed by atoms with van der Waals surface area (Å²) in [5.41, 5.74) is -1.59. The van der Waals surface area contributed by atoms with Crippen molar-refractivity contribution in [2.75, 3.05) is 0 Å². The zero-order chi connectivity index (χ0) is 7.62. The summed E-state index contributed by atoms with van der Waals surface area (Å²) in [5, 5.41) is 0. The van der Waals surface area contributed by atoms with E-state index < -0.39 is 11.6 Å². The summed E-state index contributed by atoms with van der Waals surface area (Å²) in [6.45, 7) is 1.74. The number of hydrogen-bond donors (Lipinski definition) is 0. The van der Waals surface area contributed by atoms with Gasteiger partial charge in [0.05, 0.1) is 5.41 Å². The van der Waals surface area contributed by atoms with Crippen LogP contribution in [0.15, 0.2) is 0 Å². The fourth-order valence-corrected chi connectivity index (χ4v) is 2.24. The smallest absolute Gasteiger partial charge is 0.170 e. The number of hydrogen-bond acceptors (Lipinski definition) is 0. The molecule has 1 unspecified atom stereocenters. The van der Waals surface area contributed by atoms with Gasteiger partial charge in [0.25, 0.3) is 0 Å². The summed E-state index contributed by atoms with van der Waals surface area (Å²) >= 11 is 0. The highest BCUT2D eigenvalue weighted by molar-refractivity contribution is 5.23. The Morgan fingerprint density at radius 3 is 1.80 bits per heavy atom. The van der Waals surface area contributed by atoms with E-state index >= 15 is 0 Å². The van der Waals surface area contributed by atoms with Crippen LogP contribution >= 0.6 is 0 Å². The van der Waals surface area contributed by atoms with Crippen LogP contribution in [0.5, 0.6) is 0 Å². The third-order valence-corrected chi connectivity index (χ3v) is 3.37. The van der Waals surface area contributed by atoms with Crippen LogP contribution in [0.1, 0.15) is 26.2 Å². The first-order valence-electron chi connectivity index (χ1n) is 3.48. The second-order valence-electron chi connectivity index (χ2n) is 3.82. The van der Waals surface area contributed by atoms with Gasteiger partial charge in [-0.25, -0.2) is 0 Å². The molecule has 0 heterocycles. The molecule has 0 N–H and O–H groups in total. The Kier molecular flexibility index (Phi) is 0.802. The maximum absolute atomic E-state index is 12.2. The van der Waals surface area contributed by atoms with Gasteiger partial charge in [-0.1, -0.05) is 6.92 Å². The Morgan fingerprint density at radius 2 is 1.80 bits per heavy atom. The van der Waals surface area contributed by atoms with Gasteiger partial charge in [0.2, 0.25) is 0 Å². The van der Waals surface area contributed by atoms with Crippen molar-refractivity contribution in [2.45, 2.75) is 32.4 Å². The minimum absolute atomic E-state index is 0.356. The van der Waals surface area contributed by atoms with Crippen LogP contribution in [0, 0.1) is 10.8 Å². The minimum atomic E-state index is -3.93. The normalized spacial score (nSPS) is 51.6. The maximum atomic E-state index is 12.2. The molecular weight excluding hydrogens is 141 g/mol. The Labute approximate surface area is 57.4 Å². The van der Waals surface area contributed by atoms with Gasteiger partial charge in [0, 0.05) is 0 Å². The molecule has 0 aromatic heterocycles. The van der Waals surface area contributed by atoms with Crippen LogP contribution in [0.3, 0.4) is 0 Å². The molecule has 2 rings (SSSR count). The van der Waals surface area contributed by atoms with E-state index in [1.54, 1.807) is 6.92 Å². The molecule has 0 aliphatic heterocycles. The Hall–Kier alpha value is -0.210. The van der Waals surface area contributed by atoms with Crippen molar-refractivity contribution in [3.63, 3.8) is 0 Å². The standard InChI is InChI=1S/C7H9F3/c1-5-2-3-6(5,4-5)7(8,9)10/h2-4H2,1H3/t5?,6-/m0/s1. The molecule has 3 heteroatoms. The van der Waals surface area contributed by atoms with Gasteiger partial charge in [0.15, 0.2) is 0 Å². The van der Waals surface area contributed by atoms with Crippen molar-refractivity contribution in [1.29, 1.82) is 0 Å². The molecule has 58 valence electrons. The molecule has 10 heavy (non-hydrogen) atoms. The van der Waals surface area contributed by atoms with Gasteiger partial charge in [-0.3, -0.25) is 0 Å². The average Bonchev–Trinajstić information content (AvgIpc) is 2.12. The predicted octanol–water partition coefficient (Wildman–Crippen LogP) is 2.74. The largest absolute Gasteiger partial charge is 0.395 e. The van der Waals surface area contributed by atoms with Crippen molar-refractivity contribution < 1.29 is 13.2 Å². The maximum Gasteiger partial charge on any atom is 0.395 e. The first-order chi connectivity index (χ1) is 4.41. The molecule has 0 radical (unpaired) electrons. The summed E-state index contributed by atoms with van der Waals surface area (Å²) in [6.07, 6.45) is -2.41. The lowest BCUT2D eigenvalue weighted by Crippen LogP contribution is -2.36. The summed E-state index contributed by atoms with van der Waals surface area (Å²) in [5.74, 6) is 0. The van der Waals surface area contributed by atoms with Crippen molar-refractivity contribution in [1.82, 2.24) is 0 Å². The van der Waals surface area contributed by atoms with Crippen LogP contribution < -0.4 is 0 Å². The molecule has 2 fully saturated rings. The quantitative estimate of drug-likeness (QED) is 0.498. The number of halogens is 3.